The van der Waals surface area contributed by atoms with Crippen LogP contribution < -0.4 is 10.1 Å². The molecular formula is C21H27N5O2S2. The second kappa shape index (κ2) is 10.1. The highest BCUT2D eigenvalue weighted by Gasteiger charge is 2.24. The molecular weight excluding hydrogens is 418 g/mol. The molecule has 1 amide bonds. The maximum atomic E-state index is 12.6. The van der Waals surface area contributed by atoms with Crippen LogP contribution in [0.15, 0.2) is 41.0 Å². The summed E-state index contributed by atoms with van der Waals surface area (Å²) in [7, 11) is 1.89. The van der Waals surface area contributed by atoms with Crippen LogP contribution in [0, 0.1) is 0 Å². The van der Waals surface area contributed by atoms with E-state index in [-0.39, 0.29) is 17.3 Å². The van der Waals surface area contributed by atoms with Gasteiger partial charge in [-0.15, -0.1) is 21.5 Å². The zero-order chi connectivity index (χ0) is 21.7. The highest BCUT2D eigenvalue weighted by Crippen LogP contribution is 2.28. The van der Waals surface area contributed by atoms with Gasteiger partial charge in [0, 0.05) is 18.6 Å². The summed E-state index contributed by atoms with van der Waals surface area (Å²) in [5.74, 6) is 1.89. The Labute approximate surface area is 185 Å². The smallest absolute Gasteiger partial charge is 0.239 e. The Kier molecular flexibility index (Phi) is 7.49. The molecule has 1 N–H and O–H groups in total. The Morgan fingerprint density at radius 3 is 2.57 bits per heavy atom. The van der Waals surface area contributed by atoms with Crippen molar-refractivity contribution in [1.29, 1.82) is 0 Å². The van der Waals surface area contributed by atoms with Crippen molar-refractivity contribution in [2.75, 3.05) is 5.32 Å². The quantitative estimate of drug-likeness (QED) is 0.465. The topological polar surface area (TPSA) is 81.9 Å². The molecule has 2 heterocycles. The fraction of sp³-hybridized carbons (Fsp3) is 0.429. The molecule has 9 heteroatoms. The molecule has 0 fully saturated rings. The van der Waals surface area contributed by atoms with Gasteiger partial charge in [-0.05, 0) is 37.0 Å². The first-order valence-corrected chi connectivity index (χ1v) is 11.7. The van der Waals surface area contributed by atoms with Crippen LogP contribution in [0.3, 0.4) is 0 Å². The SMILES string of the molecule is CCC(Sc1nnc(C(C)Oc2ccc(C(C)C)cc2)n1C)C(=O)Nc1nccs1. The van der Waals surface area contributed by atoms with E-state index in [0.29, 0.717) is 28.5 Å². The van der Waals surface area contributed by atoms with Crippen molar-refractivity contribution in [3.8, 4) is 5.75 Å². The highest BCUT2D eigenvalue weighted by molar-refractivity contribution is 8.00. The van der Waals surface area contributed by atoms with Gasteiger partial charge in [-0.3, -0.25) is 4.79 Å². The number of ether oxygens (including phenoxy) is 1. The van der Waals surface area contributed by atoms with Gasteiger partial charge in [0.25, 0.3) is 0 Å². The van der Waals surface area contributed by atoms with Crippen LogP contribution in [-0.2, 0) is 11.8 Å². The fourth-order valence-electron chi connectivity index (χ4n) is 2.89. The number of hydrogen-bond donors (Lipinski definition) is 1. The van der Waals surface area contributed by atoms with Crippen molar-refractivity contribution < 1.29 is 9.53 Å². The molecule has 0 aliphatic carbocycles. The summed E-state index contributed by atoms with van der Waals surface area (Å²) in [5, 5.41) is 14.3. The number of hydrogen-bond acceptors (Lipinski definition) is 7. The molecule has 30 heavy (non-hydrogen) atoms. The molecule has 160 valence electrons. The summed E-state index contributed by atoms with van der Waals surface area (Å²) in [6, 6.07) is 8.12. The second-order valence-electron chi connectivity index (χ2n) is 7.22. The summed E-state index contributed by atoms with van der Waals surface area (Å²) in [6.45, 7) is 8.25. The summed E-state index contributed by atoms with van der Waals surface area (Å²) in [6.07, 6.45) is 2.06. The maximum absolute atomic E-state index is 12.6. The number of carbonyl (C=O) groups is 1. The molecule has 7 nitrogen and oxygen atoms in total. The van der Waals surface area contributed by atoms with Crippen molar-refractivity contribution in [2.24, 2.45) is 7.05 Å². The molecule has 2 atom stereocenters. The van der Waals surface area contributed by atoms with Crippen LogP contribution in [0.5, 0.6) is 5.75 Å². The van der Waals surface area contributed by atoms with Crippen LogP contribution in [0.4, 0.5) is 5.13 Å². The van der Waals surface area contributed by atoms with Crippen LogP contribution in [0.25, 0.3) is 0 Å². The number of aromatic nitrogens is 4. The predicted molar refractivity (Wildman–Crippen MR) is 121 cm³/mol. The van der Waals surface area contributed by atoms with Gasteiger partial charge in [0.15, 0.2) is 22.2 Å². The summed E-state index contributed by atoms with van der Waals surface area (Å²) in [5.41, 5.74) is 1.27. The first kappa shape index (κ1) is 22.3. The number of rotatable bonds is 9. The molecule has 3 rings (SSSR count). The largest absolute Gasteiger partial charge is 0.483 e. The molecule has 0 radical (unpaired) electrons. The predicted octanol–water partition coefficient (Wildman–Crippen LogP) is 5.04. The fourth-order valence-corrected chi connectivity index (χ4v) is 4.35. The van der Waals surface area contributed by atoms with Gasteiger partial charge >= 0.3 is 0 Å². The number of anilines is 1. The number of nitrogens with zero attached hydrogens (tertiary/aromatic N) is 4. The normalized spacial score (nSPS) is 13.3. The Bertz CT molecular complexity index is 954. The zero-order valence-corrected chi connectivity index (χ0v) is 19.5. The number of thiazole rings is 1. The molecule has 0 spiro atoms. The number of thioether (sulfide) groups is 1. The maximum Gasteiger partial charge on any atom is 0.239 e. The van der Waals surface area contributed by atoms with E-state index in [9.17, 15) is 4.79 Å². The zero-order valence-electron chi connectivity index (χ0n) is 17.8. The van der Waals surface area contributed by atoms with Gasteiger partial charge < -0.3 is 14.6 Å². The van der Waals surface area contributed by atoms with Gasteiger partial charge in [-0.2, -0.15) is 0 Å². The molecule has 0 aliphatic heterocycles. The molecule has 2 aromatic heterocycles. The lowest BCUT2D eigenvalue weighted by atomic mass is 10.0. The lowest BCUT2D eigenvalue weighted by molar-refractivity contribution is -0.115. The van der Waals surface area contributed by atoms with Crippen LogP contribution in [0.2, 0.25) is 0 Å². The van der Waals surface area contributed by atoms with E-state index in [0.717, 1.165) is 5.75 Å². The Balaban J connectivity index is 1.65. The Morgan fingerprint density at radius 1 is 1.23 bits per heavy atom. The molecule has 0 aliphatic rings. The number of nitrogens with one attached hydrogen (secondary N) is 1. The first-order chi connectivity index (χ1) is 14.4. The van der Waals surface area contributed by atoms with E-state index in [1.54, 1.807) is 6.20 Å². The Morgan fingerprint density at radius 2 is 1.97 bits per heavy atom. The lowest BCUT2D eigenvalue weighted by Gasteiger charge is -2.16. The Hall–Kier alpha value is -2.39. The van der Waals surface area contributed by atoms with Crippen molar-refractivity contribution in [2.45, 2.75) is 56.5 Å². The molecule has 2 unspecified atom stereocenters. The van der Waals surface area contributed by atoms with Crippen molar-refractivity contribution >= 4 is 34.1 Å². The van der Waals surface area contributed by atoms with Crippen molar-refractivity contribution in [1.82, 2.24) is 19.7 Å². The monoisotopic (exact) mass is 445 g/mol. The standard InChI is InChI=1S/C21H27N5O2S2/c1-6-17(19(27)23-20-22-11-12-29-20)30-21-25-24-18(26(21)5)14(4)28-16-9-7-15(8-10-16)13(2)3/h7-14,17H,6H2,1-5H3,(H,22,23,27). The first-order valence-electron chi connectivity index (χ1n) is 9.92. The minimum Gasteiger partial charge on any atom is -0.483 e. The third kappa shape index (κ3) is 5.40. The third-order valence-corrected chi connectivity index (χ3v) is 6.75. The molecule has 3 aromatic rings. The van der Waals surface area contributed by atoms with Gasteiger partial charge in [0.2, 0.25) is 5.91 Å². The molecule has 0 bridgehead atoms. The molecule has 1 aromatic carbocycles. The molecule has 0 saturated carbocycles. The minimum absolute atomic E-state index is 0.0865. The van der Waals surface area contributed by atoms with Gasteiger partial charge in [0.1, 0.15) is 5.75 Å². The van der Waals surface area contributed by atoms with E-state index in [1.165, 1.54) is 28.7 Å². The van der Waals surface area contributed by atoms with E-state index in [1.807, 2.05) is 43.0 Å². The van der Waals surface area contributed by atoms with E-state index in [4.69, 9.17) is 4.74 Å². The van der Waals surface area contributed by atoms with Crippen molar-refractivity contribution in [3.05, 3.63) is 47.2 Å². The van der Waals surface area contributed by atoms with E-state index < -0.39 is 0 Å². The van der Waals surface area contributed by atoms with Crippen molar-refractivity contribution in [3.63, 3.8) is 0 Å². The van der Waals surface area contributed by atoms with Gasteiger partial charge in [-0.25, -0.2) is 4.98 Å². The average molecular weight is 446 g/mol. The molecule has 0 saturated heterocycles. The summed E-state index contributed by atoms with van der Waals surface area (Å²) in [4.78, 5) is 16.7. The van der Waals surface area contributed by atoms with Crippen LogP contribution >= 0.6 is 23.1 Å². The number of amides is 1. The minimum atomic E-state index is -0.288. The van der Waals surface area contributed by atoms with Crippen LogP contribution in [-0.4, -0.2) is 30.9 Å². The summed E-state index contributed by atoms with van der Waals surface area (Å²) < 4.78 is 7.95. The summed E-state index contributed by atoms with van der Waals surface area (Å²) >= 11 is 2.79. The van der Waals surface area contributed by atoms with E-state index >= 15 is 0 Å². The highest BCUT2D eigenvalue weighted by atomic mass is 32.2. The average Bonchev–Trinajstić information content (AvgIpc) is 3.36. The number of carbonyl (C=O) groups excluding carboxylic acids is 1. The third-order valence-electron chi connectivity index (χ3n) is 4.67. The van der Waals surface area contributed by atoms with Gasteiger partial charge in [0.05, 0.1) is 5.25 Å². The second-order valence-corrected chi connectivity index (χ2v) is 9.29. The lowest BCUT2D eigenvalue weighted by Crippen LogP contribution is -2.25. The van der Waals surface area contributed by atoms with E-state index in [2.05, 4.69) is 46.5 Å². The van der Waals surface area contributed by atoms with Crippen LogP contribution in [0.1, 0.15) is 57.5 Å². The van der Waals surface area contributed by atoms with Gasteiger partial charge in [-0.1, -0.05) is 44.7 Å². The number of benzene rings is 1.